The minimum atomic E-state index is 0.736. The first-order valence-electron chi connectivity index (χ1n) is 13.3. The van der Waals surface area contributed by atoms with Gasteiger partial charge in [-0.1, -0.05) is 98.1 Å². The van der Waals surface area contributed by atoms with E-state index in [2.05, 4.69) is 95.0 Å². The Hall–Kier alpha value is -5.62. The first kappa shape index (κ1) is 20.4. The minimum Gasteiger partial charge on any atom is -0.227 e. The van der Waals surface area contributed by atoms with Crippen LogP contribution in [0.3, 0.4) is 0 Å². The number of hydrogen-bond acceptors (Lipinski definition) is 4. The molecule has 11 rings (SSSR count). The van der Waals surface area contributed by atoms with Gasteiger partial charge in [0.1, 0.15) is 0 Å². The molecule has 2 aliphatic rings. The van der Waals surface area contributed by atoms with Gasteiger partial charge in [-0.2, -0.15) is 0 Å². The monoisotopic (exact) mass is 510 g/mol. The maximum atomic E-state index is 5.52. The van der Waals surface area contributed by atoms with Gasteiger partial charge < -0.3 is 0 Å². The third kappa shape index (κ3) is 2.09. The summed E-state index contributed by atoms with van der Waals surface area (Å²) >= 11 is 0. The lowest BCUT2D eigenvalue weighted by Crippen LogP contribution is -2.02. The number of nitrogens with zero attached hydrogens (tertiary/aromatic N) is 6. The van der Waals surface area contributed by atoms with Crippen molar-refractivity contribution in [3.05, 3.63) is 97.1 Å². The van der Waals surface area contributed by atoms with E-state index in [9.17, 15) is 0 Å². The first-order valence-corrected chi connectivity index (χ1v) is 13.3. The van der Waals surface area contributed by atoms with E-state index in [4.69, 9.17) is 19.9 Å². The Kier molecular flexibility index (Phi) is 3.40. The zero-order valence-electron chi connectivity index (χ0n) is 21.2. The lowest BCUT2D eigenvalue weighted by molar-refractivity contribution is 0.882. The number of aromatic nitrogens is 6. The van der Waals surface area contributed by atoms with Crippen molar-refractivity contribution in [2.24, 2.45) is 0 Å². The third-order valence-electron chi connectivity index (χ3n) is 8.53. The molecule has 0 fully saturated rings. The van der Waals surface area contributed by atoms with Crippen molar-refractivity contribution in [2.75, 3.05) is 0 Å². The smallest absolute Gasteiger partial charge is 0.163 e. The number of fused-ring (bicyclic) bond motifs is 3. The lowest BCUT2D eigenvalue weighted by Gasteiger charge is -2.05. The van der Waals surface area contributed by atoms with Crippen molar-refractivity contribution in [3.63, 3.8) is 0 Å². The largest absolute Gasteiger partial charge is 0.227 e. The molecule has 0 radical (unpaired) electrons. The molecule has 3 aromatic carbocycles. The molecule has 0 saturated carbocycles. The van der Waals surface area contributed by atoms with Crippen molar-refractivity contribution >= 4 is 56.3 Å². The molecule has 6 aromatic heterocycles. The Morgan fingerprint density at radius 3 is 1.15 bits per heavy atom. The molecule has 0 amide bonds. The number of benzene rings is 3. The molecule has 6 nitrogen and oxygen atoms in total. The fourth-order valence-corrected chi connectivity index (χ4v) is 6.90. The summed E-state index contributed by atoms with van der Waals surface area (Å²) in [6, 6.07) is 25.2. The summed E-state index contributed by atoms with van der Waals surface area (Å²) in [5, 5.41) is 3.98. The predicted octanol–water partition coefficient (Wildman–Crippen LogP) is 7.81. The molecule has 6 heteroatoms. The highest BCUT2D eigenvalue weighted by atomic mass is 15.4. The van der Waals surface area contributed by atoms with Crippen LogP contribution >= 0.6 is 0 Å². The van der Waals surface area contributed by atoms with Crippen LogP contribution < -0.4 is 0 Å². The SMILES string of the molecule is C=Cc1c(C=C)c2nc3c4c(nc5c6ccccc6c6nc7c4c(nc1n2n65)-c1ccccc1-7)-c1ccccc1-3. The van der Waals surface area contributed by atoms with Gasteiger partial charge in [0.25, 0.3) is 0 Å². The maximum absolute atomic E-state index is 5.52. The van der Waals surface area contributed by atoms with E-state index in [1.807, 2.05) is 12.2 Å². The lowest BCUT2D eigenvalue weighted by atomic mass is 10.1. The fourth-order valence-electron chi connectivity index (χ4n) is 6.90. The highest BCUT2D eigenvalue weighted by molar-refractivity contribution is 6.23. The van der Waals surface area contributed by atoms with Gasteiger partial charge in [-0.05, 0) is 0 Å². The molecule has 40 heavy (non-hydrogen) atoms. The van der Waals surface area contributed by atoms with Gasteiger partial charge in [0.15, 0.2) is 22.6 Å². The van der Waals surface area contributed by atoms with Crippen LogP contribution in [0.1, 0.15) is 11.1 Å². The van der Waals surface area contributed by atoms with Crippen molar-refractivity contribution in [3.8, 4) is 45.0 Å². The van der Waals surface area contributed by atoms with Crippen LogP contribution in [-0.4, -0.2) is 29.0 Å². The van der Waals surface area contributed by atoms with E-state index in [-0.39, 0.29) is 0 Å². The molecule has 2 aliphatic carbocycles. The highest BCUT2D eigenvalue weighted by Crippen LogP contribution is 2.52. The van der Waals surface area contributed by atoms with E-state index in [1.165, 1.54) is 0 Å². The molecular formula is C34H18N6. The van der Waals surface area contributed by atoms with Gasteiger partial charge in [0.05, 0.1) is 22.8 Å². The normalized spacial score (nSPS) is 12.7. The average molecular weight is 511 g/mol. The Morgan fingerprint density at radius 2 is 0.775 bits per heavy atom. The molecule has 0 atom stereocenters. The molecule has 0 aliphatic heterocycles. The average Bonchev–Trinajstić information content (AvgIpc) is 3.69. The Labute approximate surface area is 227 Å². The van der Waals surface area contributed by atoms with Crippen molar-refractivity contribution in [1.29, 1.82) is 0 Å². The Balaban J connectivity index is 1.74. The van der Waals surface area contributed by atoms with Gasteiger partial charge in [0, 0.05) is 54.9 Å². The highest BCUT2D eigenvalue weighted by Gasteiger charge is 2.33. The van der Waals surface area contributed by atoms with E-state index in [1.54, 1.807) is 0 Å². The maximum Gasteiger partial charge on any atom is 0.163 e. The van der Waals surface area contributed by atoms with E-state index < -0.39 is 0 Å². The second-order valence-corrected chi connectivity index (χ2v) is 10.4. The number of rotatable bonds is 2. The molecule has 0 unspecified atom stereocenters. The zero-order valence-corrected chi connectivity index (χ0v) is 21.2. The van der Waals surface area contributed by atoms with Crippen LogP contribution in [0.4, 0.5) is 0 Å². The molecule has 0 N–H and O–H groups in total. The minimum absolute atomic E-state index is 0.736. The van der Waals surface area contributed by atoms with Crippen LogP contribution in [0.5, 0.6) is 0 Å². The second-order valence-electron chi connectivity index (χ2n) is 10.4. The zero-order chi connectivity index (χ0) is 26.3. The van der Waals surface area contributed by atoms with Gasteiger partial charge in [-0.25, -0.2) is 29.0 Å². The summed E-state index contributed by atoms with van der Waals surface area (Å²) < 4.78 is 4.16. The van der Waals surface area contributed by atoms with Crippen molar-refractivity contribution < 1.29 is 0 Å². The van der Waals surface area contributed by atoms with Crippen LogP contribution in [-0.2, 0) is 0 Å². The van der Waals surface area contributed by atoms with Crippen molar-refractivity contribution in [1.82, 2.24) is 29.0 Å². The quantitative estimate of drug-likeness (QED) is 0.238. The summed E-state index contributed by atoms with van der Waals surface area (Å²) in [5.74, 6) is 0. The van der Waals surface area contributed by atoms with Crippen LogP contribution in [0.25, 0.3) is 101 Å². The summed E-state index contributed by atoms with van der Waals surface area (Å²) in [7, 11) is 0. The summed E-state index contributed by atoms with van der Waals surface area (Å²) in [5.41, 5.74) is 12.6. The van der Waals surface area contributed by atoms with Crippen molar-refractivity contribution in [2.45, 2.75) is 0 Å². The fraction of sp³-hybridized carbons (Fsp3) is 0. The molecule has 0 spiro atoms. The predicted molar refractivity (Wildman–Crippen MR) is 161 cm³/mol. The first-order chi connectivity index (χ1) is 19.8. The Morgan fingerprint density at radius 1 is 0.450 bits per heavy atom. The second kappa shape index (κ2) is 6.68. The summed E-state index contributed by atoms with van der Waals surface area (Å²) in [4.78, 5) is 22.0. The summed E-state index contributed by atoms with van der Waals surface area (Å²) in [6.07, 6.45) is 3.71. The van der Waals surface area contributed by atoms with Crippen LogP contribution in [0.2, 0.25) is 0 Å². The van der Waals surface area contributed by atoms with Gasteiger partial charge in [-0.15, -0.1) is 0 Å². The van der Waals surface area contributed by atoms with Gasteiger partial charge in [0.2, 0.25) is 0 Å². The van der Waals surface area contributed by atoms with Crippen LogP contribution in [0, 0.1) is 0 Å². The third-order valence-corrected chi connectivity index (χ3v) is 8.53. The summed E-state index contributed by atoms with van der Waals surface area (Å²) in [6.45, 7) is 8.39. The van der Waals surface area contributed by atoms with E-state index in [0.29, 0.717) is 0 Å². The van der Waals surface area contributed by atoms with Gasteiger partial charge >= 0.3 is 0 Å². The molecule has 9 aromatic rings. The standard InChI is InChI=1S/C34H18N6/c1-3-17-18(4-2)32-36-28-20-12-6-8-14-22(20)30-26(28)25-27-19-11-5-7-13-21(19)29(25)37-33-23-15-9-10-16-24(23)34(38-30)40(33)39(32)31(17)35-27/h3-16H,1-2H2. The Bertz CT molecular complexity index is 2360. The molecule has 0 saturated heterocycles. The molecule has 184 valence electrons. The van der Waals surface area contributed by atoms with Gasteiger partial charge in [-0.3, -0.25) is 0 Å². The molecule has 12 bridgehead atoms. The van der Waals surface area contributed by atoms with E-state index in [0.717, 1.165) is 100 Å². The topological polar surface area (TPSA) is 60.4 Å². The number of hydrogen-bond donors (Lipinski definition) is 0. The van der Waals surface area contributed by atoms with E-state index >= 15 is 0 Å². The van der Waals surface area contributed by atoms with Crippen LogP contribution in [0.15, 0.2) is 86.0 Å². The molecule has 6 heterocycles. The molecular weight excluding hydrogens is 492 g/mol.